The monoisotopic (exact) mass is 522 g/mol. The van der Waals surface area contributed by atoms with E-state index in [4.69, 9.17) is 0 Å². The van der Waals surface area contributed by atoms with Gasteiger partial charge in [0.2, 0.25) is 0 Å². The summed E-state index contributed by atoms with van der Waals surface area (Å²) >= 11 is 13.1. The molecule has 2 aromatic carbocycles. The van der Waals surface area contributed by atoms with Crippen LogP contribution in [0.1, 0.15) is 43.2 Å². The van der Waals surface area contributed by atoms with Crippen molar-refractivity contribution in [1.29, 1.82) is 0 Å². The van der Waals surface area contributed by atoms with Crippen LogP contribution in [0.3, 0.4) is 0 Å². The van der Waals surface area contributed by atoms with Gasteiger partial charge in [0.25, 0.3) is 0 Å². The van der Waals surface area contributed by atoms with Crippen molar-refractivity contribution < 1.29 is 0 Å². The molecule has 0 amide bonds. The fourth-order valence-corrected chi connectivity index (χ4v) is 8.88. The first-order valence-corrected chi connectivity index (χ1v) is 15.1. The van der Waals surface area contributed by atoms with E-state index in [0.717, 1.165) is 48.3 Å². The lowest BCUT2D eigenvalue weighted by Gasteiger charge is -2.62. The molecule has 2 nitrogen and oxygen atoms in total. The zero-order valence-electron chi connectivity index (χ0n) is 19.3. The van der Waals surface area contributed by atoms with Crippen LogP contribution in [-0.4, -0.2) is 34.9 Å². The molecule has 6 heteroatoms. The maximum atomic E-state index is 4.68. The SMILES string of the molecule is S=C=NCCSc1ccc(C2(c3ccc(SCCN=C=S)cc3)C3CC4CC(C3)CC2C4)cc1. The first-order valence-electron chi connectivity index (χ1n) is 12.3. The molecule has 0 aromatic heterocycles. The number of thiocarbonyl (C=S) groups is 2. The zero-order valence-corrected chi connectivity index (χ0v) is 22.6. The zero-order chi connectivity index (χ0) is 23.4. The minimum absolute atomic E-state index is 0.156. The van der Waals surface area contributed by atoms with Crippen LogP contribution in [0.2, 0.25) is 0 Å². The van der Waals surface area contributed by atoms with Gasteiger partial charge in [-0.25, -0.2) is 9.98 Å². The van der Waals surface area contributed by atoms with E-state index in [2.05, 4.69) is 93.3 Å². The molecule has 176 valence electrons. The molecule has 34 heavy (non-hydrogen) atoms. The highest BCUT2D eigenvalue weighted by atomic mass is 32.2. The molecule has 0 saturated heterocycles. The molecule has 0 radical (unpaired) electrons. The summed E-state index contributed by atoms with van der Waals surface area (Å²) in [7, 11) is 0. The number of benzene rings is 2. The lowest BCUT2D eigenvalue weighted by atomic mass is 9.42. The lowest BCUT2D eigenvalue weighted by molar-refractivity contribution is -0.0418. The highest BCUT2D eigenvalue weighted by Gasteiger charge is 2.58. The van der Waals surface area contributed by atoms with Crippen molar-refractivity contribution in [3.05, 3.63) is 59.7 Å². The van der Waals surface area contributed by atoms with E-state index in [1.165, 1.54) is 53.0 Å². The smallest absolute Gasteiger partial charge is 0.0587 e. The Hall–Kier alpha value is -1.26. The van der Waals surface area contributed by atoms with E-state index in [-0.39, 0.29) is 5.41 Å². The van der Waals surface area contributed by atoms with Crippen LogP contribution in [0, 0.1) is 23.7 Å². The van der Waals surface area contributed by atoms with E-state index in [1.807, 2.05) is 23.5 Å². The topological polar surface area (TPSA) is 24.7 Å². The van der Waals surface area contributed by atoms with Gasteiger partial charge in [0, 0.05) is 26.7 Å². The molecule has 0 unspecified atom stereocenters. The molecule has 4 bridgehead atoms. The third-order valence-corrected chi connectivity index (χ3v) is 10.4. The second kappa shape index (κ2) is 11.2. The average Bonchev–Trinajstić information content (AvgIpc) is 2.86. The molecule has 0 heterocycles. The Morgan fingerprint density at radius 3 is 1.47 bits per heavy atom. The Balaban J connectivity index is 1.44. The fraction of sp³-hybridized carbons (Fsp3) is 0.500. The van der Waals surface area contributed by atoms with Crippen molar-refractivity contribution in [3.63, 3.8) is 0 Å². The molecule has 0 aliphatic heterocycles. The van der Waals surface area contributed by atoms with Crippen LogP contribution in [0.4, 0.5) is 0 Å². The van der Waals surface area contributed by atoms with E-state index in [1.54, 1.807) is 0 Å². The van der Waals surface area contributed by atoms with Crippen LogP contribution in [0.15, 0.2) is 68.3 Å². The van der Waals surface area contributed by atoms with E-state index in [0.29, 0.717) is 0 Å². The Kier molecular flexibility index (Phi) is 8.05. The Labute approximate surface area is 222 Å². The highest BCUT2D eigenvalue weighted by molar-refractivity contribution is 7.99. The molecule has 0 N–H and O–H groups in total. The predicted octanol–water partition coefficient (Wildman–Crippen LogP) is 7.82. The first-order chi connectivity index (χ1) is 16.7. The van der Waals surface area contributed by atoms with Gasteiger partial charge in [-0.15, -0.1) is 23.5 Å². The van der Waals surface area contributed by atoms with Crippen molar-refractivity contribution in [2.75, 3.05) is 24.6 Å². The van der Waals surface area contributed by atoms with Crippen LogP contribution < -0.4 is 0 Å². The van der Waals surface area contributed by atoms with Crippen molar-refractivity contribution in [2.24, 2.45) is 33.7 Å². The molecule has 4 fully saturated rings. The largest absolute Gasteiger partial charge is 0.232 e. The van der Waals surface area contributed by atoms with Gasteiger partial charge >= 0.3 is 0 Å². The molecule has 2 aromatic rings. The highest BCUT2D eigenvalue weighted by Crippen LogP contribution is 2.65. The maximum absolute atomic E-state index is 4.68. The van der Waals surface area contributed by atoms with Crippen molar-refractivity contribution in [2.45, 2.75) is 47.3 Å². The molecule has 6 rings (SSSR count). The van der Waals surface area contributed by atoms with Gasteiger partial charge in [-0.3, -0.25) is 0 Å². The molecular formula is C28H30N2S4. The summed E-state index contributed by atoms with van der Waals surface area (Å²) in [5.41, 5.74) is 3.21. The first kappa shape index (κ1) is 24.4. The fourth-order valence-electron chi connectivity index (χ4n) is 7.20. The van der Waals surface area contributed by atoms with Crippen molar-refractivity contribution >= 4 is 58.3 Å². The second-order valence-corrected chi connectivity index (χ2v) is 12.6. The summed E-state index contributed by atoms with van der Waals surface area (Å²) in [6.45, 7) is 1.46. The van der Waals surface area contributed by atoms with Gasteiger partial charge in [-0.2, -0.15) is 0 Å². The number of hydrogen-bond donors (Lipinski definition) is 0. The third kappa shape index (κ3) is 4.87. The summed E-state index contributed by atoms with van der Waals surface area (Å²) in [5.74, 6) is 5.30. The van der Waals surface area contributed by atoms with E-state index >= 15 is 0 Å². The Morgan fingerprint density at radius 2 is 1.09 bits per heavy atom. The van der Waals surface area contributed by atoms with Gasteiger partial charge in [-0.1, -0.05) is 24.3 Å². The van der Waals surface area contributed by atoms with E-state index < -0.39 is 0 Å². The van der Waals surface area contributed by atoms with Crippen molar-refractivity contribution in [1.82, 2.24) is 0 Å². The average molecular weight is 523 g/mol. The van der Waals surface area contributed by atoms with Gasteiger partial charge in [0.1, 0.15) is 0 Å². The van der Waals surface area contributed by atoms with Crippen molar-refractivity contribution in [3.8, 4) is 0 Å². The molecule has 0 atom stereocenters. The molecule has 4 aliphatic carbocycles. The number of thioether (sulfide) groups is 2. The second-order valence-electron chi connectivity index (χ2n) is 9.87. The van der Waals surface area contributed by atoms with Gasteiger partial charge < -0.3 is 0 Å². The normalized spacial score (nSPS) is 28.8. The van der Waals surface area contributed by atoms with E-state index in [9.17, 15) is 0 Å². The molecule has 4 aliphatic rings. The predicted molar refractivity (Wildman–Crippen MR) is 152 cm³/mol. The minimum atomic E-state index is 0.156. The standard InChI is InChI=1S/C28H30N2S4/c31-18-29-9-11-33-26-5-1-22(2-6-26)28(24-14-20-13-21(16-24)17-25(28)15-20)23-3-7-27(8-4-23)34-12-10-30-19-32/h1-8,20-21,24-25H,9-17H2. The lowest BCUT2D eigenvalue weighted by Crippen LogP contribution is -2.56. The summed E-state index contributed by atoms with van der Waals surface area (Å²) in [5, 5.41) is 4.92. The quantitative estimate of drug-likeness (QED) is 0.137. The number of hydrogen-bond acceptors (Lipinski definition) is 6. The van der Waals surface area contributed by atoms with Crippen LogP contribution >= 0.6 is 48.0 Å². The summed E-state index contributed by atoms with van der Waals surface area (Å²) in [6, 6.07) is 19.0. The van der Waals surface area contributed by atoms with Crippen LogP contribution in [0.5, 0.6) is 0 Å². The summed E-state index contributed by atoms with van der Waals surface area (Å²) in [4.78, 5) is 10.7. The van der Waals surface area contributed by atoms with Gasteiger partial charge in [0.15, 0.2) is 0 Å². The third-order valence-electron chi connectivity index (χ3n) is 8.16. The molecule has 0 spiro atoms. The number of isothiocyanates is 2. The number of aliphatic imine (C=N–C) groups is 2. The van der Waals surface area contributed by atoms with Gasteiger partial charge in [-0.05, 0) is 116 Å². The summed E-state index contributed by atoms with van der Waals surface area (Å²) in [6.07, 6.45) is 7.05. The Bertz CT molecular complexity index is 985. The Morgan fingerprint density at radius 1 is 0.676 bits per heavy atom. The number of rotatable bonds is 10. The van der Waals surface area contributed by atoms with Gasteiger partial charge in [0.05, 0.1) is 23.4 Å². The molecular weight excluding hydrogens is 493 g/mol. The minimum Gasteiger partial charge on any atom is -0.232 e. The molecule has 4 saturated carbocycles. The van der Waals surface area contributed by atoms with Crippen LogP contribution in [0.25, 0.3) is 0 Å². The number of nitrogens with zero attached hydrogens (tertiary/aromatic N) is 2. The summed E-state index contributed by atoms with van der Waals surface area (Å²) < 4.78 is 0. The maximum Gasteiger partial charge on any atom is 0.0587 e. The van der Waals surface area contributed by atoms with Crippen LogP contribution in [-0.2, 0) is 5.41 Å².